The van der Waals surface area contributed by atoms with Gasteiger partial charge >= 0.3 is 5.97 Å². The molecule has 0 spiro atoms. The van der Waals surface area contributed by atoms with Crippen LogP contribution in [0.4, 0.5) is 0 Å². The van der Waals surface area contributed by atoms with Gasteiger partial charge in [0.05, 0.1) is 18.9 Å². The molecule has 0 radical (unpaired) electrons. The first kappa shape index (κ1) is 9.12. The van der Waals surface area contributed by atoms with Crippen LogP contribution in [0.2, 0.25) is 0 Å². The highest BCUT2D eigenvalue weighted by atomic mass is 16.5. The molecule has 1 aliphatic rings. The highest BCUT2D eigenvalue weighted by Crippen LogP contribution is 2.25. The number of nitrogens with one attached hydrogen (secondary N) is 1. The van der Waals surface area contributed by atoms with Crippen molar-refractivity contribution in [2.24, 2.45) is 0 Å². The smallest absolute Gasteiger partial charge is 0.354 e. The molecule has 0 unspecified atom stereocenters. The number of hydrogen-bond donors (Lipinski definition) is 1. The van der Waals surface area contributed by atoms with E-state index in [-0.39, 0.29) is 5.97 Å². The molecule has 76 valence electrons. The van der Waals surface area contributed by atoms with Crippen LogP contribution in [0.1, 0.15) is 29.5 Å². The normalized spacial score (nSPS) is 14.4. The predicted octanol–water partition coefficient (Wildman–Crippen LogP) is 1.52. The van der Waals surface area contributed by atoms with Gasteiger partial charge in [0, 0.05) is 6.07 Å². The average molecular weight is 195 g/mol. The van der Waals surface area contributed by atoms with Crippen molar-refractivity contribution in [3.8, 4) is 5.75 Å². The van der Waals surface area contributed by atoms with E-state index < -0.39 is 0 Å². The van der Waals surface area contributed by atoms with E-state index in [1.54, 1.807) is 13.0 Å². The van der Waals surface area contributed by atoms with E-state index in [2.05, 4.69) is 4.98 Å². The third-order valence-electron chi connectivity index (χ3n) is 2.18. The molecule has 0 saturated heterocycles. The van der Waals surface area contributed by atoms with Gasteiger partial charge in [-0.05, 0) is 19.8 Å². The summed E-state index contributed by atoms with van der Waals surface area (Å²) in [4.78, 5) is 14.4. The van der Waals surface area contributed by atoms with Gasteiger partial charge in [-0.1, -0.05) is 0 Å². The molecule has 0 atom stereocenters. The second kappa shape index (κ2) is 3.74. The van der Waals surface area contributed by atoms with E-state index in [0.717, 1.165) is 30.9 Å². The summed E-state index contributed by atoms with van der Waals surface area (Å²) in [6, 6.07) is 1.71. The van der Waals surface area contributed by atoms with Crippen LogP contribution in [0.15, 0.2) is 6.07 Å². The monoisotopic (exact) mass is 195 g/mol. The van der Waals surface area contributed by atoms with Crippen molar-refractivity contribution < 1.29 is 14.3 Å². The molecule has 1 aromatic heterocycles. The Kier molecular flexibility index (Phi) is 2.43. The molecule has 4 nitrogen and oxygen atoms in total. The van der Waals surface area contributed by atoms with E-state index in [1.807, 2.05) is 0 Å². The van der Waals surface area contributed by atoms with Gasteiger partial charge in [-0.15, -0.1) is 0 Å². The van der Waals surface area contributed by atoms with Crippen LogP contribution < -0.4 is 4.74 Å². The molecule has 4 heteroatoms. The summed E-state index contributed by atoms with van der Waals surface area (Å²) in [7, 11) is 0. The Balaban J connectivity index is 2.19. The maximum absolute atomic E-state index is 11.4. The minimum atomic E-state index is -0.314. The van der Waals surface area contributed by atoms with Gasteiger partial charge in [0.15, 0.2) is 0 Å². The topological polar surface area (TPSA) is 51.3 Å². The van der Waals surface area contributed by atoms with Crippen LogP contribution in [0.25, 0.3) is 0 Å². The summed E-state index contributed by atoms with van der Waals surface area (Å²) >= 11 is 0. The van der Waals surface area contributed by atoms with Crippen LogP contribution in [0.3, 0.4) is 0 Å². The van der Waals surface area contributed by atoms with Gasteiger partial charge in [-0.25, -0.2) is 4.79 Å². The number of H-pyrrole nitrogens is 1. The fourth-order valence-corrected chi connectivity index (χ4v) is 1.54. The average Bonchev–Trinajstić information content (AvgIpc) is 2.61. The zero-order chi connectivity index (χ0) is 9.97. The number of aryl methyl sites for hydroxylation is 1. The lowest BCUT2D eigenvalue weighted by atomic mass is 10.2. The predicted molar refractivity (Wildman–Crippen MR) is 50.6 cm³/mol. The first-order valence-electron chi connectivity index (χ1n) is 4.83. The maximum Gasteiger partial charge on any atom is 0.354 e. The minimum absolute atomic E-state index is 0.314. The molecule has 2 rings (SSSR count). The third kappa shape index (κ3) is 1.60. The molecular weight excluding hydrogens is 182 g/mol. The van der Waals surface area contributed by atoms with Crippen molar-refractivity contribution in [1.82, 2.24) is 4.98 Å². The Bertz CT molecular complexity index is 320. The Morgan fingerprint density at radius 3 is 3.29 bits per heavy atom. The SMILES string of the molecule is CCOC(=O)c1cc2c([nH]1)CCCO2. The Labute approximate surface area is 82.2 Å². The van der Waals surface area contributed by atoms with Crippen LogP contribution in [0.5, 0.6) is 5.75 Å². The number of fused-ring (bicyclic) bond motifs is 1. The van der Waals surface area contributed by atoms with Gasteiger partial charge in [0.25, 0.3) is 0 Å². The highest BCUT2D eigenvalue weighted by Gasteiger charge is 2.17. The molecule has 0 saturated carbocycles. The lowest BCUT2D eigenvalue weighted by molar-refractivity contribution is 0.0520. The van der Waals surface area contributed by atoms with Crippen molar-refractivity contribution in [1.29, 1.82) is 0 Å². The molecule has 1 aromatic rings. The van der Waals surface area contributed by atoms with Gasteiger partial charge in [-0.3, -0.25) is 0 Å². The first-order valence-corrected chi connectivity index (χ1v) is 4.83. The summed E-state index contributed by atoms with van der Waals surface area (Å²) < 4.78 is 10.3. The van der Waals surface area contributed by atoms with E-state index in [1.165, 1.54) is 0 Å². The largest absolute Gasteiger partial charge is 0.492 e. The van der Waals surface area contributed by atoms with Crippen LogP contribution in [0, 0.1) is 0 Å². The number of rotatable bonds is 2. The zero-order valence-electron chi connectivity index (χ0n) is 8.13. The number of aromatic nitrogens is 1. The molecule has 0 amide bonds. The molecular formula is C10H13NO3. The molecule has 0 fully saturated rings. The summed E-state index contributed by atoms with van der Waals surface area (Å²) in [6.07, 6.45) is 1.94. The summed E-state index contributed by atoms with van der Waals surface area (Å²) in [5.74, 6) is 0.477. The molecule has 2 heterocycles. The van der Waals surface area contributed by atoms with Gasteiger partial charge < -0.3 is 14.5 Å². The highest BCUT2D eigenvalue weighted by molar-refractivity contribution is 5.88. The molecule has 0 aliphatic carbocycles. The van der Waals surface area contributed by atoms with E-state index in [4.69, 9.17) is 9.47 Å². The van der Waals surface area contributed by atoms with Crippen molar-refractivity contribution >= 4 is 5.97 Å². The Hall–Kier alpha value is -1.45. The molecule has 1 aliphatic heterocycles. The Morgan fingerprint density at radius 1 is 1.71 bits per heavy atom. The summed E-state index contributed by atoms with van der Waals surface area (Å²) in [5.41, 5.74) is 1.48. The van der Waals surface area contributed by atoms with E-state index in [0.29, 0.717) is 12.3 Å². The maximum atomic E-state index is 11.4. The lowest BCUT2D eigenvalue weighted by Crippen LogP contribution is -2.07. The van der Waals surface area contributed by atoms with Crippen LogP contribution in [-0.4, -0.2) is 24.2 Å². The molecule has 0 aromatic carbocycles. The quantitative estimate of drug-likeness (QED) is 0.728. The fraction of sp³-hybridized carbons (Fsp3) is 0.500. The summed E-state index contributed by atoms with van der Waals surface area (Å²) in [5, 5.41) is 0. The van der Waals surface area contributed by atoms with Crippen molar-refractivity contribution in [3.63, 3.8) is 0 Å². The number of carbonyl (C=O) groups is 1. The second-order valence-corrected chi connectivity index (χ2v) is 3.20. The van der Waals surface area contributed by atoms with Crippen LogP contribution in [-0.2, 0) is 11.2 Å². The second-order valence-electron chi connectivity index (χ2n) is 3.20. The van der Waals surface area contributed by atoms with Crippen LogP contribution >= 0.6 is 0 Å². The number of ether oxygens (including phenoxy) is 2. The van der Waals surface area contributed by atoms with Gasteiger partial charge in [0.2, 0.25) is 0 Å². The first-order chi connectivity index (χ1) is 6.81. The van der Waals surface area contributed by atoms with Gasteiger partial charge in [-0.2, -0.15) is 0 Å². The Morgan fingerprint density at radius 2 is 2.57 bits per heavy atom. The standard InChI is InChI=1S/C10H13NO3/c1-2-13-10(12)8-6-9-7(11-8)4-3-5-14-9/h6,11H,2-5H2,1H3. The van der Waals surface area contributed by atoms with Gasteiger partial charge in [0.1, 0.15) is 11.4 Å². The number of hydrogen-bond acceptors (Lipinski definition) is 3. The number of aromatic amines is 1. The molecule has 1 N–H and O–H groups in total. The molecule has 14 heavy (non-hydrogen) atoms. The van der Waals surface area contributed by atoms with E-state index in [9.17, 15) is 4.79 Å². The van der Waals surface area contributed by atoms with Crippen molar-refractivity contribution in [2.75, 3.05) is 13.2 Å². The van der Waals surface area contributed by atoms with Crippen molar-refractivity contribution in [2.45, 2.75) is 19.8 Å². The molecule has 0 bridgehead atoms. The summed E-state index contributed by atoms with van der Waals surface area (Å²) in [6.45, 7) is 2.91. The fourth-order valence-electron chi connectivity index (χ4n) is 1.54. The number of carbonyl (C=O) groups excluding carboxylic acids is 1. The third-order valence-corrected chi connectivity index (χ3v) is 2.18. The zero-order valence-corrected chi connectivity index (χ0v) is 8.13. The van der Waals surface area contributed by atoms with Crippen molar-refractivity contribution in [3.05, 3.63) is 17.5 Å². The minimum Gasteiger partial charge on any atom is -0.492 e. The van der Waals surface area contributed by atoms with E-state index >= 15 is 0 Å². The lowest BCUT2D eigenvalue weighted by Gasteiger charge is -2.11. The number of esters is 1.